The number of alkyl halides is 5. The van der Waals surface area contributed by atoms with Crippen LogP contribution in [0, 0.1) is 23.4 Å². The summed E-state index contributed by atoms with van der Waals surface area (Å²) in [4.78, 5) is 38.3. The van der Waals surface area contributed by atoms with E-state index in [9.17, 15) is 36.3 Å². The molecule has 3 atom stereocenters. The third kappa shape index (κ3) is 6.91. The molecule has 44 heavy (non-hydrogen) atoms. The van der Waals surface area contributed by atoms with Crippen LogP contribution in [-0.4, -0.2) is 35.0 Å². The molecule has 3 aromatic rings. The normalized spacial score (nSPS) is 18.1. The second-order valence-electron chi connectivity index (χ2n) is 10.2. The Bertz CT molecular complexity index is 1650. The predicted octanol–water partition coefficient (Wildman–Crippen LogP) is 7.87. The molecule has 0 heterocycles. The van der Waals surface area contributed by atoms with E-state index in [1.165, 1.54) is 32.2 Å². The summed E-state index contributed by atoms with van der Waals surface area (Å²) in [5.41, 5.74) is -2.47. The summed E-state index contributed by atoms with van der Waals surface area (Å²) >= 11 is 18.7. The first-order valence-corrected chi connectivity index (χ1v) is 14.0. The van der Waals surface area contributed by atoms with Gasteiger partial charge in [-0.15, -0.1) is 23.2 Å². The summed E-state index contributed by atoms with van der Waals surface area (Å²) < 4.78 is 85.9. The van der Waals surface area contributed by atoms with Gasteiger partial charge in [-0.05, 0) is 54.4 Å². The fourth-order valence-electron chi connectivity index (χ4n) is 4.72. The lowest BCUT2D eigenvalue weighted by Gasteiger charge is -2.13. The van der Waals surface area contributed by atoms with Crippen LogP contribution in [0.25, 0.3) is 0 Å². The van der Waals surface area contributed by atoms with Crippen LogP contribution in [0.2, 0.25) is 5.02 Å². The number of carbonyl (C=O) groups is 3. The van der Waals surface area contributed by atoms with Crippen LogP contribution in [0.15, 0.2) is 48.5 Å². The maximum absolute atomic E-state index is 15.2. The minimum Gasteiger partial charge on any atom is -0.374 e. The molecule has 5 nitrogen and oxygen atoms in total. The van der Waals surface area contributed by atoms with E-state index in [-0.39, 0.29) is 27.4 Å². The van der Waals surface area contributed by atoms with Crippen LogP contribution in [0.3, 0.4) is 0 Å². The van der Waals surface area contributed by atoms with E-state index in [1.54, 1.807) is 0 Å². The zero-order valence-corrected chi connectivity index (χ0v) is 25.1. The highest BCUT2D eigenvalue weighted by molar-refractivity contribution is 6.53. The zero-order valence-electron chi connectivity index (χ0n) is 22.8. The monoisotopic (exact) mass is 679 g/mol. The Balaban J connectivity index is 1.52. The van der Waals surface area contributed by atoms with Gasteiger partial charge in [0, 0.05) is 42.7 Å². The maximum atomic E-state index is 15.2. The van der Waals surface area contributed by atoms with Gasteiger partial charge in [-0.1, -0.05) is 23.7 Å². The fourth-order valence-corrected chi connectivity index (χ4v) is 5.77. The van der Waals surface area contributed by atoms with Gasteiger partial charge in [-0.2, -0.15) is 13.2 Å². The van der Waals surface area contributed by atoms with Gasteiger partial charge in [0.1, 0.15) is 27.9 Å². The molecular formula is C30H22Cl3F6NO4. The number of rotatable bonds is 10. The number of amides is 1. The summed E-state index contributed by atoms with van der Waals surface area (Å²) in [5, 5.41) is 2.42. The van der Waals surface area contributed by atoms with Crippen molar-refractivity contribution in [2.45, 2.75) is 42.3 Å². The van der Waals surface area contributed by atoms with Gasteiger partial charge in [0.2, 0.25) is 5.91 Å². The van der Waals surface area contributed by atoms with E-state index in [1.807, 2.05) is 0 Å². The predicted molar refractivity (Wildman–Crippen MR) is 152 cm³/mol. The molecule has 1 unspecified atom stereocenters. The van der Waals surface area contributed by atoms with Crippen molar-refractivity contribution in [2.24, 2.45) is 5.92 Å². The molecule has 0 radical (unpaired) electrons. The van der Waals surface area contributed by atoms with E-state index in [2.05, 4.69) is 5.32 Å². The number of halogens is 9. The second-order valence-corrected chi connectivity index (χ2v) is 12.0. The van der Waals surface area contributed by atoms with Crippen LogP contribution >= 0.6 is 34.8 Å². The summed E-state index contributed by atoms with van der Waals surface area (Å²) in [6, 6.07) is 7.98. The molecule has 1 N–H and O–H groups in total. The van der Waals surface area contributed by atoms with Gasteiger partial charge in [0.15, 0.2) is 11.6 Å². The van der Waals surface area contributed by atoms with Gasteiger partial charge in [-0.25, -0.2) is 13.2 Å². The molecule has 0 saturated heterocycles. The number of hydrogen-bond acceptors (Lipinski definition) is 4. The van der Waals surface area contributed by atoms with Crippen molar-refractivity contribution in [1.29, 1.82) is 0 Å². The average Bonchev–Trinajstić information content (AvgIpc) is 3.54. The van der Waals surface area contributed by atoms with Crippen LogP contribution in [0.1, 0.15) is 45.5 Å². The second kappa shape index (κ2) is 12.7. The number of ether oxygens (including phenoxy) is 1. The fraction of sp³-hybridized carbons (Fsp3) is 0.300. The smallest absolute Gasteiger partial charge is 0.374 e. The molecule has 0 aliphatic heterocycles. The lowest BCUT2D eigenvalue weighted by Crippen LogP contribution is -2.22. The first-order chi connectivity index (χ1) is 20.5. The standard InChI is InChI=1S/C30H22Cl3F6NO4/c1-13(44-2)23(41)12-18-21(34)7-4-15(27(18)36)10-24(42)17-11-16(5-6-20(17)31)40-28(43)26-25(29(26,32)33)14-3-8-22(35)19(9-14)30(37,38)39/h3-9,11,13,25-26H,10,12H2,1-2H3,(H,40,43)/t13?,25-,26+/m0/s1. The highest BCUT2D eigenvalue weighted by Gasteiger charge is 2.67. The average molecular weight is 681 g/mol. The van der Waals surface area contributed by atoms with E-state index in [4.69, 9.17) is 39.5 Å². The number of hydrogen-bond donors (Lipinski definition) is 1. The molecule has 14 heteroatoms. The van der Waals surface area contributed by atoms with Crippen molar-refractivity contribution < 1.29 is 45.5 Å². The zero-order chi connectivity index (χ0) is 32.7. The number of methoxy groups -OCH3 is 1. The third-order valence-electron chi connectivity index (χ3n) is 7.30. The molecule has 1 aliphatic rings. The van der Waals surface area contributed by atoms with Crippen molar-refractivity contribution in [3.63, 3.8) is 0 Å². The van der Waals surface area contributed by atoms with Gasteiger partial charge in [0.25, 0.3) is 0 Å². The number of anilines is 1. The molecular weight excluding hydrogens is 659 g/mol. The molecule has 1 amide bonds. The molecule has 1 saturated carbocycles. The summed E-state index contributed by atoms with van der Waals surface area (Å²) in [6.45, 7) is 1.43. The van der Waals surface area contributed by atoms with Crippen LogP contribution in [0.4, 0.5) is 32.0 Å². The largest absolute Gasteiger partial charge is 0.419 e. The molecule has 3 aromatic carbocycles. The molecule has 0 spiro atoms. The Kier molecular flexibility index (Phi) is 9.75. The Hall–Kier alpha value is -3.12. The molecule has 0 bridgehead atoms. The van der Waals surface area contributed by atoms with E-state index < -0.39 is 87.3 Å². The first kappa shape index (κ1) is 33.8. The Morgan fingerprint density at radius 1 is 0.977 bits per heavy atom. The number of ketones is 2. The lowest BCUT2D eigenvalue weighted by atomic mass is 9.97. The van der Waals surface area contributed by atoms with Crippen molar-refractivity contribution in [3.8, 4) is 0 Å². The minimum absolute atomic E-state index is 0.0343. The van der Waals surface area contributed by atoms with Gasteiger partial charge < -0.3 is 10.1 Å². The van der Waals surface area contributed by atoms with E-state index in [0.717, 1.165) is 18.2 Å². The number of carbonyl (C=O) groups excluding carboxylic acids is 3. The van der Waals surface area contributed by atoms with Gasteiger partial charge >= 0.3 is 6.18 Å². The third-order valence-corrected chi connectivity index (χ3v) is 8.57. The highest BCUT2D eigenvalue weighted by atomic mass is 35.5. The summed E-state index contributed by atoms with van der Waals surface area (Å²) in [6.07, 6.45) is -7.07. The van der Waals surface area contributed by atoms with Crippen LogP contribution in [-0.2, 0) is 33.3 Å². The molecule has 1 fully saturated rings. The van der Waals surface area contributed by atoms with Crippen LogP contribution in [0.5, 0.6) is 0 Å². The van der Waals surface area contributed by atoms with E-state index in [0.29, 0.717) is 12.1 Å². The quantitative estimate of drug-likeness (QED) is 0.134. The SMILES string of the molecule is COC(C)C(=O)Cc1c(F)ccc(CC(=O)c2cc(NC(=O)[C@H]3[C@H](c4ccc(F)c(C(F)(F)F)c4)C3(Cl)Cl)ccc2Cl)c1F. The maximum Gasteiger partial charge on any atom is 0.419 e. The number of Topliss-reactive ketones (excluding diaryl/α,β-unsaturated/α-hetero) is 2. The van der Waals surface area contributed by atoms with Crippen LogP contribution < -0.4 is 5.32 Å². The molecule has 234 valence electrons. The molecule has 4 rings (SSSR count). The molecule has 0 aromatic heterocycles. The number of nitrogens with one attached hydrogen (secondary N) is 1. The Morgan fingerprint density at radius 2 is 1.64 bits per heavy atom. The van der Waals surface area contributed by atoms with Gasteiger partial charge in [0.05, 0.1) is 16.5 Å². The minimum atomic E-state index is -4.99. The van der Waals surface area contributed by atoms with Crippen molar-refractivity contribution in [1.82, 2.24) is 0 Å². The Labute approximate surface area is 262 Å². The topological polar surface area (TPSA) is 72.5 Å². The van der Waals surface area contributed by atoms with Gasteiger partial charge in [-0.3, -0.25) is 14.4 Å². The van der Waals surface area contributed by atoms with Crippen molar-refractivity contribution in [2.75, 3.05) is 12.4 Å². The van der Waals surface area contributed by atoms with Crippen molar-refractivity contribution in [3.05, 3.63) is 98.8 Å². The number of benzene rings is 3. The summed E-state index contributed by atoms with van der Waals surface area (Å²) in [7, 11) is 1.27. The highest BCUT2D eigenvalue weighted by Crippen LogP contribution is 2.65. The molecule has 1 aliphatic carbocycles. The summed E-state index contributed by atoms with van der Waals surface area (Å²) in [5.74, 6) is -7.97. The van der Waals surface area contributed by atoms with Crippen molar-refractivity contribution >= 4 is 58.0 Å². The lowest BCUT2D eigenvalue weighted by molar-refractivity contribution is -0.140. The van der Waals surface area contributed by atoms with E-state index >= 15 is 4.39 Å². The first-order valence-electron chi connectivity index (χ1n) is 12.9. The Morgan fingerprint density at radius 3 is 2.27 bits per heavy atom.